The van der Waals surface area contributed by atoms with E-state index >= 15 is 0 Å². The Balaban J connectivity index is 1.70. The van der Waals surface area contributed by atoms with Crippen LogP contribution in [0.4, 0.5) is 0 Å². The fourth-order valence-corrected chi connectivity index (χ4v) is 5.43. The predicted octanol–water partition coefficient (Wildman–Crippen LogP) is 6.03. The van der Waals surface area contributed by atoms with E-state index in [1.54, 1.807) is 6.33 Å². The molecule has 0 unspecified atom stereocenters. The number of imidazole rings is 1. The Bertz CT molecular complexity index is 1760. The molecule has 0 aliphatic carbocycles. The second kappa shape index (κ2) is 9.17. The van der Waals surface area contributed by atoms with Crippen LogP contribution in [0.1, 0.15) is 43.6 Å². The number of carboxylic acid groups (broad SMARTS) is 1. The smallest absolute Gasteiger partial charge is 0.337 e. The van der Waals surface area contributed by atoms with Crippen molar-refractivity contribution in [2.75, 3.05) is 6.61 Å². The summed E-state index contributed by atoms with van der Waals surface area (Å²) in [4.78, 5) is 26.9. The highest BCUT2D eigenvalue weighted by molar-refractivity contribution is 6.08. The van der Waals surface area contributed by atoms with Gasteiger partial charge in [-0.2, -0.15) is 0 Å². The highest BCUT2D eigenvalue weighted by Crippen LogP contribution is 2.45. The number of nitrogens with zero attached hydrogens (tertiary/aromatic N) is 4. The molecule has 1 N–H and O–H groups in total. The molecule has 0 amide bonds. The van der Waals surface area contributed by atoms with Crippen molar-refractivity contribution in [2.45, 2.75) is 45.8 Å². The number of aromatic nitrogens is 4. The van der Waals surface area contributed by atoms with E-state index in [0.717, 1.165) is 67.6 Å². The van der Waals surface area contributed by atoms with Gasteiger partial charge >= 0.3 is 5.97 Å². The van der Waals surface area contributed by atoms with Crippen LogP contribution in [-0.4, -0.2) is 42.8 Å². The van der Waals surface area contributed by atoms with E-state index < -0.39 is 17.7 Å². The van der Waals surface area contributed by atoms with Crippen LogP contribution in [0.15, 0.2) is 55.1 Å². The number of carbonyl (C=O) groups is 1. The van der Waals surface area contributed by atoms with E-state index in [-0.39, 0.29) is 0 Å². The fraction of sp³-hybridized carbons (Fsp3) is 0.290. The lowest BCUT2D eigenvalue weighted by Gasteiger charge is -2.29. The van der Waals surface area contributed by atoms with Gasteiger partial charge in [0.25, 0.3) is 0 Å². The molecule has 0 saturated carbocycles. The molecular weight excluding hydrogens is 492 g/mol. The summed E-state index contributed by atoms with van der Waals surface area (Å²) in [7, 11) is 1.92. The Labute approximate surface area is 226 Å². The van der Waals surface area contributed by atoms with Crippen LogP contribution in [0.5, 0.6) is 5.75 Å². The lowest BCUT2D eigenvalue weighted by atomic mass is 9.86. The zero-order chi connectivity index (χ0) is 27.5. The molecule has 0 saturated heterocycles. The van der Waals surface area contributed by atoms with Crippen molar-refractivity contribution in [3.63, 3.8) is 0 Å². The Kier molecular flexibility index (Phi) is 5.88. The zero-order valence-electron chi connectivity index (χ0n) is 22.6. The van der Waals surface area contributed by atoms with Crippen molar-refractivity contribution in [2.24, 2.45) is 7.05 Å². The predicted molar refractivity (Wildman–Crippen MR) is 150 cm³/mol. The maximum Gasteiger partial charge on any atom is 0.337 e. The van der Waals surface area contributed by atoms with Crippen LogP contribution in [-0.2, 0) is 23.0 Å². The topological polar surface area (TPSA) is 99.4 Å². The third-order valence-electron chi connectivity index (χ3n) is 7.01. The lowest BCUT2D eigenvalue weighted by molar-refractivity contribution is -0.160. The van der Waals surface area contributed by atoms with Crippen molar-refractivity contribution >= 4 is 27.8 Å². The maximum atomic E-state index is 12.7. The molecule has 5 aromatic rings. The van der Waals surface area contributed by atoms with Gasteiger partial charge in [-0.3, -0.25) is 4.98 Å². The zero-order valence-corrected chi connectivity index (χ0v) is 22.6. The largest absolute Gasteiger partial charge is 0.493 e. The summed E-state index contributed by atoms with van der Waals surface area (Å²) in [5, 5.41) is 12.2. The normalized spacial score (nSPS) is 14.0. The van der Waals surface area contributed by atoms with Crippen molar-refractivity contribution in [3.8, 4) is 28.3 Å². The number of aryl methyl sites for hydroxylation is 2. The summed E-state index contributed by atoms with van der Waals surface area (Å²) in [5.74, 6) is -0.261. The molecule has 1 aliphatic rings. The Hall–Kier alpha value is -4.30. The molecule has 1 aliphatic heterocycles. The highest BCUT2D eigenvalue weighted by atomic mass is 16.5. The van der Waals surface area contributed by atoms with E-state index in [4.69, 9.17) is 19.4 Å². The van der Waals surface area contributed by atoms with Crippen LogP contribution in [0, 0.1) is 6.92 Å². The van der Waals surface area contributed by atoms with Crippen molar-refractivity contribution in [1.29, 1.82) is 0 Å². The first-order valence-corrected chi connectivity index (χ1v) is 13.0. The summed E-state index contributed by atoms with van der Waals surface area (Å²) in [6.07, 6.45) is 5.07. The van der Waals surface area contributed by atoms with Crippen LogP contribution < -0.4 is 4.74 Å². The van der Waals surface area contributed by atoms with Crippen LogP contribution in [0.25, 0.3) is 44.3 Å². The van der Waals surface area contributed by atoms with Crippen LogP contribution in [0.3, 0.4) is 0 Å². The minimum absolute atomic E-state index is 0.594. The summed E-state index contributed by atoms with van der Waals surface area (Å²) >= 11 is 0. The number of pyridine rings is 2. The van der Waals surface area contributed by atoms with E-state index in [2.05, 4.69) is 4.98 Å². The Morgan fingerprint density at radius 1 is 1.13 bits per heavy atom. The van der Waals surface area contributed by atoms with Crippen molar-refractivity contribution in [1.82, 2.24) is 19.5 Å². The molecule has 0 fully saturated rings. The number of carboxylic acids is 1. The summed E-state index contributed by atoms with van der Waals surface area (Å²) in [6, 6.07) is 11.8. The molecule has 39 heavy (non-hydrogen) atoms. The van der Waals surface area contributed by atoms with Crippen molar-refractivity contribution in [3.05, 3.63) is 71.8 Å². The molecule has 4 heterocycles. The molecule has 6 rings (SSSR count). The van der Waals surface area contributed by atoms with Crippen LogP contribution >= 0.6 is 0 Å². The van der Waals surface area contributed by atoms with Gasteiger partial charge in [0.1, 0.15) is 11.4 Å². The minimum Gasteiger partial charge on any atom is -0.493 e. The van der Waals surface area contributed by atoms with E-state index in [1.807, 2.05) is 88.1 Å². The first-order valence-electron chi connectivity index (χ1n) is 13.0. The number of benzene rings is 2. The lowest BCUT2D eigenvalue weighted by Crippen LogP contribution is -2.28. The number of rotatable bonds is 5. The molecule has 0 radical (unpaired) electrons. The number of hydrogen-bond donors (Lipinski definition) is 1. The molecule has 3 aromatic heterocycles. The highest BCUT2D eigenvalue weighted by Gasteiger charge is 2.33. The Morgan fingerprint density at radius 2 is 1.95 bits per heavy atom. The van der Waals surface area contributed by atoms with Crippen LogP contribution in [0.2, 0.25) is 0 Å². The van der Waals surface area contributed by atoms with Gasteiger partial charge in [-0.25, -0.2) is 14.8 Å². The van der Waals surface area contributed by atoms with Gasteiger partial charge in [0.05, 0.1) is 35.3 Å². The third kappa shape index (κ3) is 4.40. The molecule has 198 valence electrons. The van der Waals surface area contributed by atoms with Gasteiger partial charge in [0.15, 0.2) is 6.10 Å². The summed E-state index contributed by atoms with van der Waals surface area (Å²) < 4.78 is 14.0. The summed E-state index contributed by atoms with van der Waals surface area (Å²) in [5.41, 5.74) is 6.44. The second-order valence-electron chi connectivity index (χ2n) is 11.0. The first-order chi connectivity index (χ1) is 18.6. The third-order valence-corrected chi connectivity index (χ3v) is 7.01. The molecule has 1 atom stereocenters. The molecule has 8 heteroatoms. The number of hydrogen-bond acceptors (Lipinski definition) is 6. The van der Waals surface area contributed by atoms with Gasteiger partial charge in [-0.15, -0.1) is 0 Å². The van der Waals surface area contributed by atoms with Gasteiger partial charge in [-0.1, -0.05) is 0 Å². The van der Waals surface area contributed by atoms with E-state index in [0.29, 0.717) is 12.2 Å². The Morgan fingerprint density at radius 3 is 2.67 bits per heavy atom. The first kappa shape index (κ1) is 25.0. The van der Waals surface area contributed by atoms with E-state index in [1.165, 1.54) is 0 Å². The molecule has 8 nitrogen and oxygen atoms in total. The standard InChI is InChI=1S/C31H30N4O4/c1-17-14-22-19(6-8-21(34-22)23-15-35(5)16-33-23)27(25(17)29(30(36)37)39-31(2,3)4)20-7-9-24-26-18(11-13-38-24)10-12-32-28(20)26/h6-10,12,14-16,29H,11,13H2,1-5H3,(H,36,37)/t29-/m0/s1. The number of ether oxygens (including phenoxy) is 2. The van der Waals surface area contributed by atoms with Gasteiger partial charge < -0.3 is 19.1 Å². The van der Waals surface area contributed by atoms with Gasteiger partial charge in [0, 0.05) is 47.8 Å². The number of fused-ring (bicyclic) bond motifs is 1. The van der Waals surface area contributed by atoms with Crippen molar-refractivity contribution < 1.29 is 19.4 Å². The SMILES string of the molecule is Cc1cc2nc(-c3cn(C)cn3)ccc2c(-c2ccc3c4c(ccnc24)CCO3)c1[C@H](OC(C)(C)C)C(=O)O. The number of aliphatic carboxylic acids is 1. The molecule has 2 aromatic carbocycles. The average molecular weight is 523 g/mol. The molecule has 0 bridgehead atoms. The maximum absolute atomic E-state index is 12.7. The van der Waals surface area contributed by atoms with E-state index in [9.17, 15) is 9.90 Å². The van der Waals surface area contributed by atoms with Gasteiger partial charge in [-0.05, 0) is 80.8 Å². The average Bonchev–Trinajstić information content (AvgIpc) is 3.33. The quantitative estimate of drug-likeness (QED) is 0.301. The minimum atomic E-state index is -1.19. The molecular formula is C31H30N4O4. The summed E-state index contributed by atoms with van der Waals surface area (Å²) in [6.45, 7) is 8.12. The van der Waals surface area contributed by atoms with Gasteiger partial charge in [0.2, 0.25) is 0 Å². The molecule has 0 spiro atoms. The fourth-order valence-electron chi connectivity index (χ4n) is 5.43. The second-order valence-corrected chi connectivity index (χ2v) is 11.0. The monoisotopic (exact) mass is 522 g/mol.